The molecule has 1 aromatic heterocycles. The van der Waals surface area contributed by atoms with E-state index < -0.39 is 6.67 Å². The molecule has 1 aromatic carbocycles. The standard InChI is InChI=1S/C21H24FN3O3/c1-14(24-20(27)18-6-9-23-19(26)12-18)16-7-10-25(11-8-16)21(28)17-4-2-15(13-22)3-5-17/h2-6,9,12,14,16H,7-8,10-11,13H2,1H3,(H,23,26)(H,24,27)/t14-/m1/s1. The number of likely N-dealkylation sites (tertiary alicyclic amines) is 1. The van der Waals surface area contributed by atoms with Crippen LogP contribution in [0.2, 0.25) is 0 Å². The molecule has 0 saturated carbocycles. The number of aromatic nitrogens is 1. The molecule has 7 heteroatoms. The third kappa shape index (κ3) is 4.65. The Morgan fingerprint density at radius 2 is 1.86 bits per heavy atom. The van der Waals surface area contributed by atoms with Crippen LogP contribution in [-0.4, -0.2) is 40.8 Å². The Morgan fingerprint density at radius 3 is 2.46 bits per heavy atom. The topological polar surface area (TPSA) is 82.3 Å². The Kier molecular flexibility index (Phi) is 6.23. The number of amides is 2. The lowest BCUT2D eigenvalue weighted by Crippen LogP contribution is -2.45. The summed E-state index contributed by atoms with van der Waals surface area (Å²) in [5.74, 6) is -0.0713. The summed E-state index contributed by atoms with van der Waals surface area (Å²) in [5.41, 5.74) is 1.14. The quantitative estimate of drug-likeness (QED) is 0.830. The highest BCUT2D eigenvalue weighted by Crippen LogP contribution is 2.22. The monoisotopic (exact) mass is 385 g/mol. The molecule has 28 heavy (non-hydrogen) atoms. The first kappa shape index (κ1) is 19.8. The lowest BCUT2D eigenvalue weighted by Gasteiger charge is -2.35. The summed E-state index contributed by atoms with van der Waals surface area (Å²) >= 11 is 0. The molecule has 2 N–H and O–H groups in total. The SMILES string of the molecule is C[C@@H](NC(=O)c1cc[nH]c(=O)c1)C1CCN(C(=O)c2ccc(CF)cc2)CC1. The van der Waals surface area contributed by atoms with Crippen molar-refractivity contribution in [3.63, 3.8) is 0 Å². The van der Waals surface area contributed by atoms with Crippen LogP contribution in [0.15, 0.2) is 47.4 Å². The van der Waals surface area contributed by atoms with Gasteiger partial charge in [0.2, 0.25) is 5.56 Å². The molecule has 0 bridgehead atoms. The van der Waals surface area contributed by atoms with Gasteiger partial charge in [0.15, 0.2) is 0 Å². The van der Waals surface area contributed by atoms with Gasteiger partial charge < -0.3 is 15.2 Å². The smallest absolute Gasteiger partial charge is 0.253 e. The van der Waals surface area contributed by atoms with Gasteiger partial charge in [-0.25, -0.2) is 4.39 Å². The van der Waals surface area contributed by atoms with E-state index in [1.807, 2.05) is 6.92 Å². The molecule has 0 unspecified atom stereocenters. The van der Waals surface area contributed by atoms with E-state index in [9.17, 15) is 18.8 Å². The molecule has 2 amide bonds. The minimum Gasteiger partial charge on any atom is -0.349 e. The predicted molar refractivity (Wildman–Crippen MR) is 104 cm³/mol. The first-order chi connectivity index (χ1) is 13.5. The van der Waals surface area contributed by atoms with Crippen molar-refractivity contribution >= 4 is 11.8 Å². The van der Waals surface area contributed by atoms with Crippen molar-refractivity contribution in [2.45, 2.75) is 32.5 Å². The van der Waals surface area contributed by atoms with Gasteiger partial charge in [0.05, 0.1) is 0 Å². The predicted octanol–water partition coefficient (Wildman–Crippen LogP) is 2.52. The molecule has 1 aliphatic rings. The van der Waals surface area contributed by atoms with Crippen molar-refractivity contribution in [2.75, 3.05) is 13.1 Å². The van der Waals surface area contributed by atoms with E-state index in [1.165, 1.54) is 12.3 Å². The Hall–Kier alpha value is -2.96. The summed E-state index contributed by atoms with van der Waals surface area (Å²) in [6.45, 7) is 2.63. The maximum Gasteiger partial charge on any atom is 0.253 e. The lowest BCUT2D eigenvalue weighted by atomic mass is 9.90. The number of piperidine rings is 1. The second-order valence-corrected chi connectivity index (χ2v) is 7.16. The second-order valence-electron chi connectivity index (χ2n) is 7.16. The number of aromatic amines is 1. The summed E-state index contributed by atoms with van der Waals surface area (Å²) in [5, 5.41) is 2.95. The number of hydrogen-bond acceptors (Lipinski definition) is 3. The number of alkyl halides is 1. The van der Waals surface area contributed by atoms with Crippen LogP contribution in [0, 0.1) is 5.92 Å². The van der Waals surface area contributed by atoms with Crippen LogP contribution in [0.3, 0.4) is 0 Å². The van der Waals surface area contributed by atoms with E-state index in [0.29, 0.717) is 29.8 Å². The van der Waals surface area contributed by atoms with Crippen molar-refractivity contribution in [2.24, 2.45) is 5.92 Å². The normalized spacial score (nSPS) is 15.9. The van der Waals surface area contributed by atoms with E-state index in [4.69, 9.17) is 0 Å². The van der Waals surface area contributed by atoms with Gasteiger partial charge in [-0.1, -0.05) is 12.1 Å². The molecule has 1 saturated heterocycles. The van der Waals surface area contributed by atoms with E-state index in [2.05, 4.69) is 10.3 Å². The molecule has 1 aliphatic heterocycles. The van der Waals surface area contributed by atoms with E-state index in [1.54, 1.807) is 35.2 Å². The number of hydrogen-bond donors (Lipinski definition) is 2. The van der Waals surface area contributed by atoms with E-state index in [-0.39, 0.29) is 29.3 Å². The molecule has 2 heterocycles. The van der Waals surface area contributed by atoms with Gasteiger partial charge in [0.1, 0.15) is 6.67 Å². The van der Waals surface area contributed by atoms with Crippen LogP contribution in [0.1, 0.15) is 46.0 Å². The third-order valence-corrected chi connectivity index (χ3v) is 5.29. The van der Waals surface area contributed by atoms with E-state index >= 15 is 0 Å². The minimum absolute atomic E-state index is 0.0518. The number of pyridine rings is 1. The van der Waals surface area contributed by atoms with Crippen molar-refractivity contribution in [3.05, 3.63) is 69.6 Å². The summed E-state index contributed by atoms with van der Waals surface area (Å²) in [6.07, 6.45) is 3.02. The number of halogens is 1. The number of rotatable bonds is 5. The molecular weight excluding hydrogens is 361 g/mol. The summed E-state index contributed by atoms with van der Waals surface area (Å²) in [7, 11) is 0. The van der Waals surface area contributed by atoms with Crippen LogP contribution in [-0.2, 0) is 6.67 Å². The summed E-state index contributed by atoms with van der Waals surface area (Å²) < 4.78 is 12.6. The second kappa shape index (κ2) is 8.82. The van der Waals surface area contributed by atoms with Crippen molar-refractivity contribution in [1.29, 1.82) is 0 Å². The molecule has 148 valence electrons. The lowest BCUT2D eigenvalue weighted by molar-refractivity contribution is 0.0663. The zero-order valence-electron chi connectivity index (χ0n) is 15.8. The van der Waals surface area contributed by atoms with Crippen molar-refractivity contribution in [3.8, 4) is 0 Å². The summed E-state index contributed by atoms with van der Waals surface area (Å²) in [4.78, 5) is 40.5. The first-order valence-corrected chi connectivity index (χ1v) is 9.41. The number of nitrogens with zero attached hydrogens (tertiary/aromatic N) is 1. The van der Waals surface area contributed by atoms with Gasteiger partial charge in [-0.05, 0) is 49.4 Å². The number of H-pyrrole nitrogens is 1. The molecule has 1 atom stereocenters. The fraction of sp³-hybridized carbons (Fsp3) is 0.381. The van der Waals surface area contributed by atoms with Crippen LogP contribution in [0.4, 0.5) is 4.39 Å². The highest BCUT2D eigenvalue weighted by Gasteiger charge is 2.27. The molecule has 1 fully saturated rings. The number of benzene rings is 1. The van der Waals surface area contributed by atoms with Gasteiger partial charge >= 0.3 is 0 Å². The Balaban J connectivity index is 1.53. The highest BCUT2D eigenvalue weighted by atomic mass is 19.1. The highest BCUT2D eigenvalue weighted by molar-refractivity contribution is 5.94. The molecule has 3 rings (SSSR count). The van der Waals surface area contributed by atoms with Gasteiger partial charge in [-0.15, -0.1) is 0 Å². The number of carbonyl (C=O) groups excluding carboxylic acids is 2. The molecule has 0 spiro atoms. The molecule has 2 aromatic rings. The Morgan fingerprint density at radius 1 is 1.18 bits per heavy atom. The van der Waals surface area contributed by atoms with Crippen LogP contribution in [0.25, 0.3) is 0 Å². The van der Waals surface area contributed by atoms with Crippen LogP contribution in [0.5, 0.6) is 0 Å². The maximum atomic E-state index is 12.6. The minimum atomic E-state index is -0.541. The first-order valence-electron chi connectivity index (χ1n) is 9.41. The van der Waals surface area contributed by atoms with E-state index in [0.717, 1.165) is 12.8 Å². The fourth-order valence-corrected chi connectivity index (χ4v) is 3.52. The fourth-order valence-electron chi connectivity index (χ4n) is 3.52. The third-order valence-electron chi connectivity index (χ3n) is 5.29. The molecule has 0 radical (unpaired) electrons. The molecular formula is C21H24FN3O3. The zero-order valence-corrected chi connectivity index (χ0v) is 15.8. The molecule has 6 nitrogen and oxygen atoms in total. The van der Waals surface area contributed by atoms with Gasteiger partial charge in [0.25, 0.3) is 11.8 Å². The van der Waals surface area contributed by atoms with Crippen LogP contribution < -0.4 is 10.9 Å². The number of carbonyl (C=O) groups is 2. The van der Waals surface area contributed by atoms with Gasteiger partial charge in [-0.3, -0.25) is 14.4 Å². The average molecular weight is 385 g/mol. The molecule has 0 aliphatic carbocycles. The van der Waals surface area contributed by atoms with Crippen LogP contribution >= 0.6 is 0 Å². The zero-order chi connectivity index (χ0) is 20.1. The largest absolute Gasteiger partial charge is 0.349 e. The maximum absolute atomic E-state index is 12.6. The summed E-state index contributed by atoms with van der Waals surface area (Å²) in [6, 6.07) is 9.36. The Bertz CT molecular complexity index is 886. The van der Waals surface area contributed by atoms with Crippen molar-refractivity contribution < 1.29 is 14.0 Å². The average Bonchev–Trinajstić information content (AvgIpc) is 2.73. The van der Waals surface area contributed by atoms with Gasteiger partial charge in [0, 0.05) is 42.5 Å². The van der Waals surface area contributed by atoms with Gasteiger partial charge in [-0.2, -0.15) is 0 Å². The van der Waals surface area contributed by atoms with Crippen molar-refractivity contribution in [1.82, 2.24) is 15.2 Å². The Labute approximate surface area is 162 Å². The number of nitrogens with one attached hydrogen (secondary N) is 2.